The van der Waals surface area contributed by atoms with Crippen molar-refractivity contribution in [1.82, 2.24) is 19.8 Å². The second-order valence-corrected chi connectivity index (χ2v) is 12.0. The van der Waals surface area contributed by atoms with E-state index in [1.165, 1.54) is 18.4 Å². The lowest BCUT2D eigenvalue weighted by molar-refractivity contribution is -0.126. The van der Waals surface area contributed by atoms with Crippen molar-refractivity contribution in [2.75, 3.05) is 33.3 Å². The Balaban J connectivity index is 0.00000104. The van der Waals surface area contributed by atoms with Crippen molar-refractivity contribution in [3.8, 4) is 27.5 Å². The third kappa shape index (κ3) is 7.12. The summed E-state index contributed by atoms with van der Waals surface area (Å²) in [5.41, 5.74) is 6.39. The number of halogens is 1. The van der Waals surface area contributed by atoms with Crippen molar-refractivity contribution in [3.05, 3.63) is 91.7 Å². The number of methoxy groups -OCH3 is 1. The average molecular weight is 635 g/mol. The molecular weight excluding hydrogens is 596 g/mol. The molecule has 0 unspecified atom stereocenters. The van der Waals surface area contributed by atoms with Gasteiger partial charge in [-0.3, -0.25) is 19.0 Å². The quantitative estimate of drug-likeness (QED) is 0.227. The van der Waals surface area contributed by atoms with Gasteiger partial charge in [0.2, 0.25) is 0 Å². The van der Waals surface area contributed by atoms with Crippen LogP contribution in [0.2, 0.25) is 5.02 Å². The molecule has 2 aromatic heterocycles. The molecule has 2 aromatic carbocycles. The summed E-state index contributed by atoms with van der Waals surface area (Å²) in [6, 6.07) is 15.5. The molecule has 3 heterocycles. The molecule has 1 aliphatic heterocycles. The highest BCUT2D eigenvalue weighted by atomic mass is 35.5. The van der Waals surface area contributed by atoms with E-state index in [1.807, 2.05) is 39.1 Å². The Kier molecular flexibility index (Phi) is 11.5. The zero-order valence-electron chi connectivity index (χ0n) is 25.9. The number of nitrogens with zero attached hydrogens (tertiary/aromatic N) is 3. The summed E-state index contributed by atoms with van der Waals surface area (Å²) in [7, 11) is 1.31. The summed E-state index contributed by atoms with van der Waals surface area (Å²) in [6.45, 7) is 11.5. The maximum absolute atomic E-state index is 14.6. The van der Waals surface area contributed by atoms with Crippen LogP contribution in [0.25, 0.3) is 27.5 Å². The van der Waals surface area contributed by atoms with Gasteiger partial charge < -0.3 is 15.0 Å². The van der Waals surface area contributed by atoms with Crippen LogP contribution in [0, 0.1) is 0 Å². The van der Waals surface area contributed by atoms with Crippen molar-refractivity contribution in [2.45, 2.75) is 46.5 Å². The number of hydrogen-bond donors (Lipinski definition) is 1. The molecule has 10 heteroatoms. The van der Waals surface area contributed by atoms with Crippen LogP contribution in [0.3, 0.4) is 0 Å². The smallest absolute Gasteiger partial charge is 0.292 e. The van der Waals surface area contributed by atoms with Crippen LogP contribution in [-0.4, -0.2) is 60.1 Å². The highest BCUT2D eigenvalue weighted by Gasteiger charge is 2.29. The first-order chi connectivity index (χ1) is 21.2. The fourth-order valence-corrected chi connectivity index (χ4v) is 6.40. The van der Waals surface area contributed by atoms with Gasteiger partial charge in [0.15, 0.2) is 0 Å². The second-order valence-electron chi connectivity index (χ2n) is 10.7. The third-order valence-electron chi connectivity index (χ3n) is 7.58. The summed E-state index contributed by atoms with van der Waals surface area (Å²) < 4.78 is 5.69. The summed E-state index contributed by atoms with van der Waals surface area (Å²) in [6.07, 6.45) is 1.55. The van der Waals surface area contributed by atoms with Gasteiger partial charge in [-0.15, -0.1) is 11.3 Å². The van der Waals surface area contributed by atoms with Gasteiger partial charge in [-0.05, 0) is 48.1 Å². The number of aromatic nitrogens is 2. The molecule has 0 atom stereocenters. The van der Waals surface area contributed by atoms with Gasteiger partial charge in [0.25, 0.3) is 17.9 Å². The maximum atomic E-state index is 14.6. The Labute approximate surface area is 267 Å². The van der Waals surface area contributed by atoms with Gasteiger partial charge in [0.05, 0.1) is 29.6 Å². The molecule has 5 rings (SSSR count). The van der Waals surface area contributed by atoms with Gasteiger partial charge in [0, 0.05) is 47.8 Å². The molecule has 232 valence electrons. The first-order valence-corrected chi connectivity index (χ1v) is 16.1. The highest BCUT2D eigenvalue weighted by Crippen LogP contribution is 2.33. The molecule has 0 saturated carbocycles. The predicted octanol–water partition coefficient (Wildman–Crippen LogP) is 6.36. The number of piperazine rings is 1. The zero-order chi connectivity index (χ0) is 31.8. The van der Waals surface area contributed by atoms with Gasteiger partial charge in [-0.1, -0.05) is 69.6 Å². The standard InChI is InChI=1S/C32H35ClN4O2S.C2H4O2/c1-5-21-8-7-9-22(6-2)29(21)37-28(20(3)4)25(31(38)36-16-14-34-15-17-36)18-26(32(37)39)30-35-27(19-40-30)23-10-12-24(33)13-11-23;1-4-2-3/h7-13,18-20,34H,5-6,14-17H2,1-4H3;2H,1H3. The number of aryl methyl sites for hydroxylation is 2. The Bertz CT molecular complexity index is 1630. The number of benzene rings is 2. The van der Waals surface area contributed by atoms with E-state index >= 15 is 0 Å². The van der Waals surface area contributed by atoms with Crippen LogP contribution in [-0.2, 0) is 22.4 Å². The monoisotopic (exact) mass is 634 g/mol. The Morgan fingerprint density at radius 2 is 1.70 bits per heavy atom. The Morgan fingerprint density at radius 1 is 1.09 bits per heavy atom. The molecule has 0 bridgehead atoms. The van der Waals surface area contributed by atoms with E-state index in [1.54, 1.807) is 6.07 Å². The summed E-state index contributed by atoms with van der Waals surface area (Å²) in [5.74, 6) is -0.0964. The van der Waals surface area contributed by atoms with E-state index in [0.29, 0.717) is 40.7 Å². The van der Waals surface area contributed by atoms with Crippen molar-refractivity contribution < 1.29 is 14.3 Å². The fourth-order valence-electron chi connectivity index (χ4n) is 5.44. The van der Waals surface area contributed by atoms with Crippen LogP contribution in [0.5, 0.6) is 0 Å². The second kappa shape index (κ2) is 15.3. The molecule has 44 heavy (non-hydrogen) atoms. The molecule has 1 fully saturated rings. The molecule has 8 nitrogen and oxygen atoms in total. The lowest BCUT2D eigenvalue weighted by Crippen LogP contribution is -2.47. The van der Waals surface area contributed by atoms with E-state index in [2.05, 4.69) is 55.9 Å². The lowest BCUT2D eigenvalue weighted by Gasteiger charge is -2.30. The third-order valence-corrected chi connectivity index (χ3v) is 8.71. The Morgan fingerprint density at radius 3 is 2.25 bits per heavy atom. The molecule has 0 spiro atoms. The van der Waals surface area contributed by atoms with Crippen LogP contribution >= 0.6 is 22.9 Å². The summed E-state index contributed by atoms with van der Waals surface area (Å²) in [5, 5.41) is 6.53. The van der Waals surface area contributed by atoms with Gasteiger partial charge in [-0.2, -0.15) is 0 Å². The first-order valence-electron chi connectivity index (χ1n) is 14.8. The number of thiazole rings is 1. The van der Waals surface area contributed by atoms with E-state index in [9.17, 15) is 9.59 Å². The minimum atomic E-state index is -0.145. The number of pyridine rings is 1. The molecule has 4 aromatic rings. The van der Waals surface area contributed by atoms with Crippen LogP contribution < -0.4 is 10.9 Å². The van der Waals surface area contributed by atoms with Crippen LogP contribution in [0.4, 0.5) is 0 Å². The minimum absolute atomic E-state index is 0.0401. The molecule has 1 amide bonds. The topological polar surface area (TPSA) is 93.5 Å². The molecule has 1 saturated heterocycles. The van der Waals surface area contributed by atoms with Crippen LogP contribution in [0.15, 0.2) is 58.7 Å². The van der Waals surface area contributed by atoms with E-state index < -0.39 is 0 Å². The number of amides is 1. The number of hydrogen-bond acceptors (Lipinski definition) is 7. The summed E-state index contributed by atoms with van der Waals surface area (Å²) in [4.78, 5) is 44.4. The lowest BCUT2D eigenvalue weighted by atomic mass is 9.96. The van der Waals surface area contributed by atoms with E-state index in [4.69, 9.17) is 21.4 Å². The largest absolute Gasteiger partial charge is 0.471 e. The molecular formula is C34H39ClN4O4S. The number of nitrogens with one attached hydrogen (secondary N) is 1. The maximum Gasteiger partial charge on any atom is 0.292 e. The zero-order valence-corrected chi connectivity index (χ0v) is 27.4. The number of carbonyl (C=O) groups is 2. The fraction of sp³-hybridized carbons (Fsp3) is 0.353. The molecule has 0 radical (unpaired) electrons. The van der Waals surface area contributed by atoms with Crippen molar-refractivity contribution in [2.24, 2.45) is 0 Å². The normalized spacial score (nSPS) is 12.9. The SMILES string of the molecule is CCc1cccc(CC)c1-n1c(C(C)C)c(C(=O)N2CCNCC2)cc(-c2nc(-c3ccc(Cl)cc3)cs2)c1=O.COC=O. The number of carbonyl (C=O) groups excluding carboxylic acids is 2. The first kappa shape index (κ1) is 33.1. The average Bonchev–Trinajstić information content (AvgIpc) is 3.54. The summed E-state index contributed by atoms with van der Waals surface area (Å²) >= 11 is 7.51. The molecule has 1 N–H and O–H groups in total. The van der Waals surface area contributed by atoms with E-state index in [0.717, 1.165) is 59.7 Å². The number of para-hydroxylation sites is 1. The van der Waals surface area contributed by atoms with Crippen molar-refractivity contribution >= 4 is 35.3 Å². The van der Waals surface area contributed by atoms with Crippen molar-refractivity contribution in [3.63, 3.8) is 0 Å². The highest BCUT2D eigenvalue weighted by molar-refractivity contribution is 7.13. The van der Waals surface area contributed by atoms with Gasteiger partial charge >= 0.3 is 0 Å². The minimum Gasteiger partial charge on any atom is -0.471 e. The van der Waals surface area contributed by atoms with Gasteiger partial charge in [-0.25, -0.2) is 4.98 Å². The molecule has 0 aliphatic carbocycles. The Hall–Kier alpha value is -3.79. The predicted molar refractivity (Wildman–Crippen MR) is 178 cm³/mol. The van der Waals surface area contributed by atoms with E-state index in [-0.39, 0.29) is 17.4 Å². The number of rotatable bonds is 8. The molecule has 1 aliphatic rings. The van der Waals surface area contributed by atoms with Crippen molar-refractivity contribution in [1.29, 1.82) is 0 Å². The van der Waals surface area contributed by atoms with Crippen LogP contribution in [0.1, 0.15) is 60.8 Å². The number of ether oxygens (including phenoxy) is 1. The van der Waals surface area contributed by atoms with Gasteiger partial charge in [0.1, 0.15) is 5.01 Å².